The summed E-state index contributed by atoms with van der Waals surface area (Å²) >= 11 is 0. The minimum Gasteiger partial charge on any atom is -0.504 e. The second-order valence-corrected chi connectivity index (χ2v) is 3.76. The summed E-state index contributed by atoms with van der Waals surface area (Å²) in [6.07, 6.45) is 0.746. The fourth-order valence-corrected chi connectivity index (χ4v) is 1.68. The van der Waals surface area contributed by atoms with E-state index in [4.69, 9.17) is 14.2 Å². The first-order valence-corrected chi connectivity index (χ1v) is 5.38. The Kier molecular flexibility index (Phi) is 3.31. The minimum absolute atomic E-state index is 0.122. The fraction of sp³-hybridized carbons (Fsp3) is 0.500. The smallest absolute Gasteiger partial charge is 0.184 e. The van der Waals surface area contributed by atoms with Gasteiger partial charge in [0.25, 0.3) is 0 Å². The minimum atomic E-state index is -0.348. The lowest BCUT2D eigenvalue weighted by Gasteiger charge is -2.12. The predicted octanol–water partition coefficient (Wildman–Crippen LogP) is 2.22. The van der Waals surface area contributed by atoms with E-state index in [0.717, 1.165) is 12.0 Å². The second kappa shape index (κ2) is 4.72. The fourth-order valence-electron chi connectivity index (χ4n) is 1.68. The molecule has 4 heteroatoms. The third-order valence-corrected chi connectivity index (χ3v) is 2.68. The SMILES string of the molecule is CCC1COC(c2ccc(O)c(OC)c2)O1. The van der Waals surface area contributed by atoms with Crippen LogP contribution in [0.3, 0.4) is 0 Å². The number of benzene rings is 1. The van der Waals surface area contributed by atoms with Crippen LogP contribution in [0.15, 0.2) is 18.2 Å². The number of rotatable bonds is 3. The third kappa shape index (κ3) is 2.13. The van der Waals surface area contributed by atoms with E-state index in [1.54, 1.807) is 18.2 Å². The standard InChI is InChI=1S/C12H16O4/c1-3-9-7-15-12(16-9)8-4-5-10(13)11(6-8)14-2/h4-6,9,12-13H,3,7H2,1-2H3. The lowest BCUT2D eigenvalue weighted by atomic mass is 10.2. The Morgan fingerprint density at radius 3 is 2.94 bits per heavy atom. The van der Waals surface area contributed by atoms with E-state index in [2.05, 4.69) is 6.92 Å². The van der Waals surface area contributed by atoms with Crippen LogP contribution in [0.25, 0.3) is 0 Å². The average molecular weight is 224 g/mol. The highest BCUT2D eigenvalue weighted by Crippen LogP contribution is 2.33. The molecule has 1 N–H and O–H groups in total. The first kappa shape index (κ1) is 11.2. The zero-order valence-corrected chi connectivity index (χ0v) is 9.47. The largest absolute Gasteiger partial charge is 0.504 e. The van der Waals surface area contributed by atoms with Gasteiger partial charge in [0.1, 0.15) is 0 Å². The molecule has 0 bridgehead atoms. The molecule has 1 aromatic rings. The number of aromatic hydroxyl groups is 1. The van der Waals surface area contributed by atoms with E-state index < -0.39 is 0 Å². The first-order chi connectivity index (χ1) is 7.74. The van der Waals surface area contributed by atoms with Gasteiger partial charge < -0.3 is 19.3 Å². The number of phenols is 1. The van der Waals surface area contributed by atoms with Crippen molar-refractivity contribution >= 4 is 0 Å². The van der Waals surface area contributed by atoms with Gasteiger partial charge in [-0.25, -0.2) is 0 Å². The number of ether oxygens (including phenoxy) is 3. The summed E-state index contributed by atoms with van der Waals surface area (Å²) < 4.78 is 16.2. The molecule has 1 aliphatic heterocycles. The summed E-state index contributed by atoms with van der Waals surface area (Å²) in [5.74, 6) is 0.556. The van der Waals surface area contributed by atoms with Gasteiger partial charge in [0.05, 0.1) is 19.8 Å². The van der Waals surface area contributed by atoms with Crippen LogP contribution in [-0.2, 0) is 9.47 Å². The van der Waals surface area contributed by atoms with Crippen molar-refractivity contribution in [1.29, 1.82) is 0 Å². The Balaban J connectivity index is 2.15. The van der Waals surface area contributed by atoms with Gasteiger partial charge in [0.2, 0.25) is 0 Å². The molecular formula is C12H16O4. The van der Waals surface area contributed by atoms with Crippen LogP contribution in [0.1, 0.15) is 25.2 Å². The molecule has 0 saturated carbocycles. The van der Waals surface area contributed by atoms with Crippen molar-refractivity contribution < 1.29 is 19.3 Å². The van der Waals surface area contributed by atoms with E-state index in [0.29, 0.717) is 12.4 Å². The molecule has 1 fully saturated rings. The van der Waals surface area contributed by atoms with Crippen LogP contribution in [0.5, 0.6) is 11.5 Å². The Morgan fingerprint density at radius 1 is 1.50 bits per heavy atom. The summed E-state index contributed by atoms with van der Waals surface area (Å²) in [6, 6.07) is 5.10. The molecule has 1 saturated heterocycles. The Hall–Kier alpha value is -1.26. The quantitative estimate of drug-likeness (QED) is 0.855. The normalized spacial score (nSPS) is 24.6. The molecule has 1 aromatic carbocycles. The van der Waals surface area contributed by atoms with Crippen molar-refractivity contribution in [2.75, 3.05) is 13.7 Å². The molecule has 0 radical (unpaired) electrons. The van der Waals surface area contributed by atoms with E-state index in [9.17, 15) is 5.11 Å². The van der Waals surface area contributed by atoms with Gasteiger partial charge in [0, 0.05) is 5.56 Å². The molecule has 0 amide bonds. The van der Waals surface area contributed by atoms with Crippen LogP contribution in [-0.4, -0.2) is 24.9 Å². The van der Waals surface area contributed by atoms with Crippen molar-refractivity contribution in [2.24, 2.45) is 0 Å². The van der Waals surface area contributed by atoms with Gasteiger partial charge in [-0.15, -0.1) is 0 Å². The Bertz CT molecular complexity index is 364. The number of phenolic OH excluding ortho intramolecular Hbond substituents is 1. The zero-order valence-electron chi connectivity index (χ0n) is 9.47. The van der Waals surface area contributed by atoms with Gasteiger partial charge in [0.15, 0.2) is 17.8 Å². The molecule has 16 heavy (non-hydrogen) atoms. The molecule has 1 aliphatic rings. The lowest BCUT2D eigenvalue weighted by molar-refractivity contribution is -0.0605. The maximum absolute atomic E-state index is 9.47. The first-order valence-electron chi connectivity index (χ1n) is 5.38. The van der Waals surface area contributed by atoms with E-state index in [1.807, 2.05) is 0 Å². The monoisotopic (exact) mass is 224 g/mol. The van der Waals surface area contributed by atoms with Crippen LogP contribution in [0.2, 0.25) is 0 Å². The third-order valence-electron chi connectivity index (χ3n) is 2.68. The predicted molar refractivity (Wildman–Crippen MR) is 58.5 cm³/mol. The molecule has 2 unspecified atom stereocenters. The molecule has 2 rings (SSSR count). The number of hydrogen-bond acceptors (Lipinski definition) is 4. The van der Waals surface area contributed by atoms with Gasteiger partial charge >= 0.3 is 0 Å². The molecule has 2 atom stereocenters. The average Bonchev–Trinajstić information content (AvgIpc) is 2.78. The van der Waals surface area contributed by atoms with Crippen molar-refractivity contribution in [3.63, 3.8) is 0 Å². The Labute approximate surface area is 94.8 Å². The van der Waals surface area contributed by atoms with E-state index in [-0.39, 0.29) is 18.1 Å². The summed E-state index contributed by atoms with van der Waals surface area (Å²) in [4.78, 5) is 0. The van der Waals surface area contributed by atoms with Crippen molar-refractivity contribution in [2.45, 2.75) is 25.7 Å². The molecule has 4 nitrogen and oxygen atoms in total. The van der Waals surface area contributed by atoms with Gasteiger partial charge in [-0.2, -0.15) is 0 Å². The van der Waals surface area contributed by atoms with Crippen LogP contribution < -0.4 is 4.74 Å². The topological polar surface area (TPSA) is 47.9 Å². The molecular weight excluding hydrogens is 208 g/mol. The van der Waals surface area contributed by atoms with Gasteiger partial charge in [-0.1, -0.05) is 13.0 Å². The van der Waals surface area contributed by atoms with Crippen molar-refractivity contribution in [3.8, 4) is 11.5 Å². The van der Waals surface area contributed by atoms with Crippen LogP contribution in [0.4, 0.5) is 0 Å². The van der Waals surface area contributed by atoms with E-state index in [1.165, 1.54) is 7.11 Å². The summed E-state index contributed by atoms with van der Waals surface area (Å²) in [5, 5.41) is 9.47. The van der Waals surface area contributed by atoms with Crippen LogP contribution in [0, 0.1) is 0 Å². The highest BCUT2D eigenvalue weighted by molar-refractivity contribution is 5.42. The molecule has 0 spiro atoms. The van der Waals surface area contributed by atoms with Gasteiger partial charge in [-0.05, 0) is 18.6 Å². The molecule has 88 valence electrons. The van der Waals surface area contributed by atoms with E-state index >= 15 is 0 Å². The highest BCUT2D eigenvalue weighted by Gasteiger charge is 2.26. The molecule has 0 aromatic heterocycles. The second-order valence-electron chi connectivity index (χ2n) is 3.76. The maximum atomic E-state index is 9.47. The zero-order chi connectivity index (χ0) is 11.5. The molecule has 0 aliphatic carbocycles. The lowest BCUT2D eigenvalue weighted by Crippen LogP contribution is -2.07. The Morgan fingerprint density at radius 2 is 2.31 bits per heavy atom. The molecule has 1 heterocycles. The summed E-state index contributed by atoms with van der Waals surface area (Å²) in [5.41, 5.74) is 0.866. The van der Waals surface area contributed by atoms with Crippen molar-refractivity contribution in [3.05, 3.63) is 23.8 Å². The number of methoxy groups -OCH3 is 1. The van der Waals surface area contributed by atoms with Gasteiger partial charge in [-0.3, -0.25) is 0 Å². The maximum Gasteiger partial charge on any atom is 0.184 e. The summed E-state index contributed by atoms with van der Waals surface area (Å²) in [7, 11) is 1.52. The summed E-state index contributed by atoms with van der Waals surface area (Å²) in [6.45, 7) is 2.68. The van der Waals surface area contributed by atoms with Crippen LogP contribution >= 0.6 is 0 Å². The van der Waals surface area contributed by atoms with Crippen molar-refractivity contribution in [1.82, 2.24) is 0 Å². The highest BCUT2D eigenvalue weighted by atomic mass is 16.7. The number of hydrogen-bond donors (Lipinski definition) is 1.